The number of hydrogen-bond acceptors (Lipinski definition) is 4. The first-order valence-corrected chi connectivity index (χ1v) is 11.5. The number of rotatable bonds is 8. The van der Waals surface area contributed by atoms with Gasteiger partial charge in [0.2, 0.25) is 10.0 Å². The highest BCUT2D eigenvalue weighted by Gasteiger charge is 2.32. The Hall–Kier alpha value is -2.77. The smallest absolute Gasteiger partial charge is 0.523 e. The van der Waals surface area contributed by atoms with Gasteiger partial charge in [0.25, 0.3) is 0 Å². The monoisotopic (exact) mass is 421 g/mol. The first-order chi connectivity index (χ1) is 14.5. The molecule has 154 valence electrons. The molecule has 1 aliphatic rings. The molecule has 7 heteroatoms. The van der Waals surface area contributed by atoms with Gasteiger partial charge in [-0.05, 0) is 43.2 Å². The maximum atomic E-state index is 13.3. The zero-order valence-electron chi connectivity index (χ0n) is 16.9. The van der Waals surface area contributed by atoms with Crippen LogP contribution in [0.2, 0.25) is 6.32 Å². The predicted octanol–water partition coefficient (Wildman–Crippen LogP) is 4.54. The number of hydrogen-bond donors (Lipinski definition) is 0. The first-order valence-electron chi connectivity index (χ1n) is 10.1. The van der Waals surface area contributed by atoms with E-state index in [9.17, 15) is 8.42 Å². The Labute approximate surface area is 178 Å². The van der Waals surface area contributed by atoms with Gasteiger partial charge in [-0.15, -0.1) is 0 Å². The molecular weight excluding hydrogens is 397 g/mol. The van der Waals surface area contributed by atoms with Gasteiger partial charge in [-0.2, -0.15) is 4.31 Å². The Morgan fingerprint density at radius 3 is 2.07 bits per heavy atom. The third-order valence-corrected chi connectivity index (χ3v) is 6.93. The van der Waals surface area contributed by atoms with Gasteiger partial charge in [-0.3, -0.25) is 0 Å². The van der Waals surface area contributed by atoms with Crippen LogP contribution in [-0.2, 0) is 16.6 Å². The van der Waals surface area contributed by atoms with Crippen molar-refractivity contribution < 1.29 is 17.7 Å². The quantitative estimate of drug-likeness (QED) is 0.502. The molecule has 1 aliphatic heterocycles. The summed E-state index contributed by atoms with van der Waals surface area (Å²) in [7, 11) is -4.00. The van der Waals surface area contributed by atoms with E-state index in [0.717, 1.165) is 22.6 Å². The molecule has 3 aromatic carbocycles. The Bertz CT molecular complexity index is 1060. The molecule has 0 atom stereocenters. The molecule has 1 heterocycles. The Morgan fingerprint density at radius 1 is 0.833 bits per heavy atom. The molecule has 30 heavy (non-hydrogen) atoms. The highest BCUT2D eigenvalue weighted by atomic mass is 32.2. The van der Waals surface area contributed by atoms with Gasteiger partial charge in [-0.1, -0.05) is 60.2 Å². The average molecular weight is 421 g/mol. The Balaban J connectivity index is 1.46. The molecule has 0 saturated heterocycles. The summed E-state index contributed by atoms with van der Waals surface area (Å²) in [6.45, 7) is 2.64. The molecule has 0 fully saturated rings. The fourth-order valence-electron chi connectivity index (χ4n) is 3.43. The van der Waals surface area contributed by atoms with Crippen LogP contribution in [0.15, 0.2) is 83.8 Å². The van der Waals surface area contributed by atoms with E-state index in [1.807, 2.05) is 73.7 Å². The minimum absolute atomic E-state index is 0.310. The molecule has 3 aromatic rings. The number of sulfonamides is 1. The van der Waals surface area contributed by atoms with Gasteiger partial charge in [0.15, 0.2) is 0 Å². The summed E-state index contributed by atoms with van der Waals surface area (Å²) >= 11 is 0. The second kappa shape index (κ2) is 8.94. The van der Waals surface area contributed by atoms with Crippen molar-refractivity contribution in [3.63, 3.8) is 0 Å². The van der Waals surface area contributed by atoms with Crippen LogP contribution < -0.4 is 9.31 Å². The van der Waals surface area contributed by atoms with Crippen molar-refractivity contribution in [2.24, 2.45) is 0 Å². The Morgan fingerprint density at radius 2 is 1.43 bits per heavy atom. The maximum absolute atomic E-state index is 13.3. The number of para-hydroxylation sites is 2. The van der Waals surface area contributed by atoms with Crippen LogP contribution >= 0.6 is 0 Å². The fraction of sp³-hybridized carbons (Fsp3) is 0.217. The lowest BCUT2D eigenvalue weighted by Gasteiger charge is -2.22. The summed E-state index contributed by atoms with van der Waals surface area (Å²) in [4.78, 5) is 0.310. The van der Waals surface area contributed by atoms with Crippen molar-refractivity contribution in [1.82, 2.24) is 4.31 Å². The molecular formula is C23H24BNO4S. The minimum Gasteiger partial charge on any atom is -0.523 e. The van der Waals surface area contributed by atoms with E-state index < -0.39 is 10.0 Å². The number of fused-ring (bicyclic) bond motifs is 1. The molecule has 0 amide bonds. The second-order valence-corrected chi connectivity index (χ2v) is 9.33. The van der Waals surface area contributed by atoms with Crippen LogP contribution in [0.5, 0.6) is 11.5 Å². The lowest BCUT2D eigenvalue weighted by atomic mass is 9.83. The topological polar surface area (TPSA) is 55.8 Å². The summed E-state index contributed by atoms with van der Waals surface area (Å²) in [6.07, 6.45) is 1.22. The van der Waals surface area contributed by atoms with E-state index in [0.29, 0.717) is 30.7 Å². The molecule has 0 bridgehead atoms. The van der Waals surface area contributed by atoms with Crippen molar-refractivity contribution in [3.8, 4) is 11.5 Å². The number of nitrogens with zero attached hydrogens (tertiary/aromatic N) is 1. The molecule has 0 spiro atoms. The molecule has 0 saturated carbocycles. The second-order valence-electron chi connectivity index (χ2n) is 7.39. The number of benzene rings is 3. The third-order valence-electron chi connectivity index (χ3n) is 5.07. The lowest BCUT2D eigenvalue weighted by Crippen LogP contribution is -2.33. The van der Waals surface area contributed by atoms with Crippen LogP contribution in [0.3, 0.4) is 0 Å². The van der Waals surface area contributed by atoms with Crippen molar-refractivity contribution in [2.45, 2.75) is 31.1 Å². The highest BCUT2D eigenvalue weighted by molar-refractivity contribution is 7.89. The van der Waals surface area contributed by atoms with Gasteiger partial charge >= 0.3 is 7.12 Å². The summed E-state index contributed by atoms with van der Waals surface area (Å²) in [5.74, 6) is 1.46. The average Bonchev–Trinajstić information content (AvgIpc) is 3.17. The largest absolute Gasteiger partial charge is 0.594 e. The van der Waals surface area contributed by atoms with Gasteiger partial charge in [0, 0.05) is 19.4 Å². The first kappa shape index (κ1) is 20.5. The molecule has 5 nitrogen and oxygen atoms in total. The van der Waals surface area contributed by atoms with E-state index >= 15 is 0 Å². The standard InChI is InChI=1S/C23H24BNO4S/c1-19-12-14-21(15-13-19)30(26,27)25(18-20-8-3-2-4-9-20)17-7-16-24-28-22-10-5-6-11-23(22)29-24/h2-6,8-15H,7,16-18H2,1H3. The molecule has 0 aromatic heterocycles. The summed E-state index contributed by atoms with van der Waals surface area (Å²) in [6, 6.07) is 24.2. The van der Waals surface area contributed by atoms with Crippen LogP contribution in [0.4, 0.5) is 0 Å². The van der Waals surface area contributed by atoms with E-state index in [1.54, 1.807) is 12.1 Å². The van der Waals surface area contributed by atoms with Crippen molar-refractivity contribution >= 4 is 17.1 Å². The molecule has 0 radical (unpaired) electrons. The van der Waals surface area contributed by atoms with Crippen LogP contribution in [-0.4, -0.2) is 26.4 Å². The van der Waals surface area contributed by atoms with Crippen molar-refractivity contribution in [3.05, 3.63) is 90.0 Å². The number of aryl methyl sites for hydroxylation is 1. The summed E-state index contributed by atoms with van der Waals surface area (Å²) < 4.78 is 39.8. The van der Waals surface area contributed by atoms with Crippen molar-refractivity contribution in [2.75, 3.05) is 6.54 Å². The van der Waals surface area contributed by atoms with Gasteiger partial charge in [0.1, 0.15) is 11.5 Å². The fourth-order valence-corrected chi connectivity index (χ4v) is 4.90. The maximum Gasteiger partial charge on any atom is 0.594 e. The van der Waals surface area contributed by atoms with Crippen LogP contribution in [0.25, 0.3) is 0 Å². The lowest BCUT2D eigenvalue weighted by molar-refractivity contribution is 0.399. The van der Waals surface area contributed by atoms with E-state index in [4.69, 9.17) is 9.31 Å². The van der Waals surface area contributed by atoms with E-state index in [2.05, 4.69) is 0 Å². The third kappa shape index (κ3) is 4.69. The minimum atomic E-state index is -3.61. The summed E-state index contributed by atoms with van der Waals surface area (Å²) in [5.41, 5.74) is 1.98. The van der Waals surface area contributed by atoms with Crippen molar-refractivity contribution in [1.29, 1.82) is 0 Å². The summed E-state index contributed by atoms with van der Waals surface area (Å²) in [5, 5.41) is 0. The highest BCUT2D eigenvalue weighted by Crippen LogP contribution is 2.34. The van der Waals surface area contributed by atoms with Gasteiger partial charge in [0.05, 0.1) is 4.90 Å². The van der Waals surface area contributed by atoms with Crippen LogP contribution in [0.1, 0.15) is 17.5 Å². The van der Waals surface area contributed by atoms with Crippen LogP contribution in [0, 0.1) is 6.92 Å². The normalized spacial score (nSPS) is 13.1. The molecule has 0 N–H and O–H groups in total. The molecule has 4 rings (SSSR count). The Kier molecular flexibility index (Phi) is 6.11. The van der Waals surface area contributed by atoms with Gasteiger partial charge < -0.3 is 9.31 Å². The molecule has 0 aliphatic carbocycles. The zero-order chi connectivity index (χ0) is 21.0. The zero-order valence-corrected chi connectivity index (χ0v) is 17.7. The predicted molar refractivity (Wildman–Crippen MR) is 118 cm³/mol. The molecule has 0 unspecified atom stereocenters. The van der Waals surface area contributed by atoms with Gasteiger partial charge in [-0.25, -0.2) is 8.42 Å². The van der Waals surface area contributed by atoms with E-state index in [1.165, 1.54) is 4.31 Å². The van der Waals surface area contributed by atoms with E-state index in [-0.39, 0.29) is 7.12 Å². The SMILES string of the molecule is Cc1ccc(S(=O)(=O)N(CCCB2Oc3ccccc3O2)Cc2ccccc2)cc1.